The molecule has 1 fully saturated rings. The van der Waals surface area contributed by atoms with Gasteiger partial charge in [-0.05, 0) is 36.3 Å². The quantitative estimate of drug-likeness (QED) is 0.787. The van der Waals surface area contributed by atoms with Gasteiger partial charge in [-0.3, -0.25) is 4.79 Å². The van der Waals surface area contributed by atoms with Gasteiger partial charge in [-0.2, -0.15) is 0 Å². The van der Waals surface area contributed by atoms with Crippen LogP contribution in [0.25, 0.3) is 0 Å². The lowest BCUT2D eigenvalue weighted by molar-refractivity contribution is 0.0763. The van der Waals surface area contributed by atoms with Crippen LogP contribution in [0.4, 0.5) is 0 Å². The van der Waals surface area contributed by atoms with Gasteiger partial charge >= 0.3 is 0 Å². The fourth-order valence-electron chi connectivity index (χ4n) is 2.33. The molecule has 2 heterocycles. The van der Waals surface area contributed by atoms with E-state index in [1.807, 2.05) is 4.90 Å². The van der Waals surface area contributed by atoms with Gasteiger partial charge in [0.15, 0.2) is 0 Å². The Bertz CT molecular complexity index is 431. The van der Waals surface area contributed by atoms with Gasteiger partial charge in [-0.1, -0.05) is 13.8 Å². The van der Waals surface area contributed by atoms with E-state index in [9.17, 15) is 4.79 Å². The molecule has 3 heteroatoms. The Morgan fingerprint density at radius 2 is 2.25 bits per heavy atom. The average molecular weight is 235 g/mol. The number of fused-ring (bicyclic) bond motifs is 1. The Hall–Kier alpha value is -0.830. The molecule has 16 heavy (non-hydrogen) atoms. The number of thiophene rings is 1. The summed E-state index contributed by atoms with van der Waals surface area (Å²) in [7, 11) is 0. The molecular formula is C13H17NOS. The summed E-state index contributed by atoms with van der Waals surface area (Å²) in [4.78, 5) is 16.6. The van der Waals surface area contributed by atoms with Crippen LogP contribution < -0.4 is 0 Å². The maximum absolute atomic E-state index is 12.1. The molecule has 0 unspecified atom stereocenters. The predicted octanol–water partition coefficient (Wildman–Crippen LogP) is 3.24. The summed E-state index contributed by atoms with van der Waals surface area (Å²) in [6.07, 6.45) is 2.65. The lowest BCUT2D eigenvalue weighted by Crippen LogP contribution is -2.27. The molecular weight excluding hydrogens is 218 g/mol. The lowest BCUT2D eigenvalue weighted by atomic mass is 10.2. The highest BCUT2D eigenvalue weighted by molar-refractivity contribution is 7.14. The van der Waals surface area contributed by atoms with Crippen molar-refractivity contribution in [2.75, 3.05) is 6.54 Å². The molecule has 2 aliphatic rings. The third kappa shape index (κ3) is 1.67. The third-order valence-electron chi connectivity index (χ3n) is 3.24. The van der Waals surface area contributed by atoms with Gasteiger partial charge < -0.3 is 4.90 Å². The van der Waals surface area contributed by atoms with Crippen molar-refractivity contribution in [1.29, 1.82) is 0 Å². The number of carbonyl (C=O) groups excluding carboxylic acids is 1. The minimum absolute atomic E-state index is 0.264. The van der Waals surface area contributed by atoms with Crippen molar-refractivity contribution in [2.24, 2.45) is 5.92 Å². The topological polar surface area (TPSA) is 20.3 Å². The van der Waals surface area contributed by atoms with E-state index in [0.717, 1.165) is 23.9 Å². The summed E-state index contributed by atoms with van der Waals surface area (Å²) >= 11 is 1.74. The van der Waals surface area contributed by atoms with E-state index in [0.29, 0.717) is 5.92 Å². The van der Waals surface area contributed by atoms with Crippen molar-refractivity contribution in [3.05, 3.63) is 21.4 Å². The first kappa shape index (κ1) is 10.3. The summed E-state index contributed by atoms with van der Waals surface area (Å²) in [6.45, 7) is 6.05. The number of hydrogen-bond donors (Lipinski definition) is 0. The highest BCUT2D eigenvalue weighted by Gasteiger charge is 2.33. The molecule has 0 bridgehead atoms. The molecule has 1 aromatic heterocycles. The van der Waals surface area contributed by atoms with Crippen molar-refractivity contribution in [2.45, 2.75) is 39.2 Å². The van der Waals surface area contributed by atoms with Crippen LogP contribution in [-0.4, -0.2) is 17.4 Å². The van der Waals surface area contributed by atoms with Crippen LogP contribution in [0.5, 0.6) is 0 Å². The third-order valence-corrected chi connectivity index (χ3v) is 4.56. The van der Waals surface area contributed by atoms with E-state index in [1.54, 1.807) is 11.3 Å². The van der Waals surface area contributed by atoms with E-state index in [4.69, 9.17) is 0 Å². The zero-order chi connectivity index (χ0) is 11.3. The molecule has 1 aromatic rings. The van der Waals surface area contributed by atoms with Crippen LogP contribution in [0.15, 0.2) is 6.07 Å². The van der Waals surface area contributed by atoms with Gasteiger partial charge in [0.05, 0.1) is 4.88 Å². The second kappa shape index (κ2) is 3.59. The first-order valence-corrected chi connectivity index (χ1v) is 6.88. The standard InChI is InChI=1S/C13H17NOS/c1-8(2)6-14-7-10-5-11(9-3-4-9)16-12(10)13(14)15/h5,8-9H,3-4,6-7H2,1-2H3. The van der Waals surface area contributed by atoms with Crippen molar-refractivity contribution in [1.82, 2.24) is 4.90 Å². The Kier molecular flexibility index (Phi) is 2.32. The van der Waals surface area contributed by atoms with E-state index >= 15 is 0 Å². The van der Waals surface area contributed by atoms with Crippen molar-refractivity contribution < 1.29 is 4.79 Å². The first-order valence-electron chi connectivity index (χ1n) is 6.07. The van der Waals surface area contributed by atoms with Crippen LogP contribution in [0.2, 0.25) is 0 Å². The zero-order valence-corrected chi connectivity index (χ0v) is 10.6. The number of rotatable bonds is 3. The minimum Gasteiger partial charge on any atom is -0.333 e. The maximum atomic E-state index is 12.1. The molecule has 0 atom stereocenters. The second-order valence-corrected chi connectivity index (χ2v) is 6.44. The fraction of sp³-hybridized carbons (Fsp3) is 0.615. The number of amides is 1. The predicted molar refractivity (Wildman–Crippen MR) is 65.9 cm³/mol. The van der Waals surface area contributed by atoms with E-state index in [2.05, 4.69) is 19.9 Å². The maximum Gasteiger partial charge on any atom is 0.264 e. The molecule has 2 nitrogen and oxygen atoms in total. The SMILES string of the molecule is CC(C)CN1Cc2cc(C3CC3)sc2C1=O. The number of nitrogens with zero attached hydrogens (tertiary/aromatic N) is 1. The Morgan fingerprint density at radius 1 is 1.50 bits per heavy atom. The van der Waals surface area contributed by atoms with Crippen LogP contribution in [0.3, 0.4) is 0 Å². The minimum atomic E-state index is 0.264. The monoisotopic (exact) mass is 235 g/mol. The molecule has 0 N–H and O–H groups in total. The summed E-state index contributed by atoms with van der Waals surface area (Å²) in [5, 5.41) is 0. The van der Waals surface area contributed by atoms with Crippen LogP contribution in [-0.2, 0) is 6.54 Å². The number of hydrogen-bond acceptors (Lipinski definition) is 2. The van der Waals surface area contributed by atoms with Gasteiger partial charge in [0.1, 0.15) is 0 Å². The Morgan fingerprint density at radius 3 is 2.81 bits per heavy atom. The Labute approximate surface area is 100 Å². The molecule has 1 aliphatic heterocycles. The largest absolute Gasteiger partial charge is 0.333 e. The van der Waals surface area contributed by atoms with Crippen LogP contribution >= 0.6 is 11.3 Å². The first-order chi connectivity index (χ1) is 7.65. The van der Waals surface area contributed by atoms with Gasteiger partial charge in [0.2, 0.25) is 0 Å². The lowest BCUT2D eigenvalue weighted by Gasteiger charge is -2.18. The number of carbonyl (C=O) groups is 1. The highest BCUT2D eigenvalue weighted by Crippen LogP contribution is 2.45. The molecule has 0 spiro atoms. The molecule has 1 aliphatic carbocycles. The van der Waals surface area contributed by atoms with Gasteiger partial charge in [-0.15, -0.1) is 11.3 Å². The van der Waals surface area contributed by atoms with E-state index in [1.165, 1.54) is 23.3 Å². The van der Waals surface area contributed by atoms with E-state index in [-0.39, 0.29) is 5.91 Å². The van der Waals surface area contributed by atoms with Crippen molar-refractivity contribution >= 4 is 17.2 Å². The molecule has 3 rings (SSSR count). The fourth-order valence-corrected chi connectivity index (χ4v) is 3.64. The summed E-state index contributed by atoms with van der Waals surface area (Å²) in [5.74, 6) is 1.60. The van der Waals surface area contributed by atoms with Crippen molar-refractivity contribution in [3.63, 3.8) is 0 Å². The van der Waals surface area contributed by atoms with Crippen LogP contribution in [0.1, 0.15) is 52.7 Å². The van der Waals surface area contributed by atoms with Gasteiger partial charge in [0.25, 0.3) is 5.91 Å². The normalized spacial score (nSPS) is 19.7. The molecule has 1 saturated carbocycles. The van der Waals surface area contributed by atoms with E-state index < -0.39 is 0 Å². The molecule has 1 amide bonds. The molecule has 0 aromatic carbocycles. The average Bonchev–Trinajstić information content (AvgIpc) is 2.92. The van der Waals surface area contributed by atoms with Crippen LogP contribution in [0, 0.1) is 5.92 Å². The summed E-state index contributed by atoms with van der Waals surface area (Å²) < 4.78 is 0. The molecule has 86 valence electrons. The second-order valence-electron chi connectivity index (χ2n) is 5.36. The highest BCUT2D eigenvalue weighted by atomic mass is 32.1. The van der Waals surface area contributed by atoms with Gasteiger partial charge in [-0.25, -0.2) is 0 Å². The molecule has 0 saturated heterocycles. The smallest absolute Gasteiger partial charge is 0.264 e. The molecule has 0 radical (unpaired) electrons. The Balaban J connectivity index is 1.80. The zero-order valence-electron chi connectivity index (χ0n) is 9.82. The van der Waals surface area contributed by atoms with Gasteiger partial charge in [0, 0.05) is 18.0 Å². The van der Waals surface area contributed by atoms with Crippen molar-refractivity contribution in [3.8, 4) is 0 Å². The summed E-state index contributed by atoms with van der Waals surface area (Å²) in [6, 6.07) is 2.27. The summed E-state index contributed by atoms with van der Waals surface area (Å²) in [5.41, 5.74) is 1.28.